The number of urea groups is 1. The van der Waals surface area contributed by atoms with Crippen LogP contribution in [0.25, 0.3) is 0 Å². The second-order valence-corrected chi connectivity index (χ2v) is 4.62. The van der Waals surface area contributed by atoms with Gasteiger partial charge in [0.15, 0.2) is 0 Å². The number of benzene rings is 2. The van der Waals surface area contributed by atoms with Gasteiger partial charge in [0.05, 0.1) is 0 Å². The smallest absolute Gasteiger partial charge is 0.308 e. The van der Waals surface area contributed by atoms with E-state index in [0.29, 0.717) is 21.4 Å². The van der Waals surface area contributed by atoms with E-state index in [1.54, 1.807) is 18.2 Å². The van der Waals surface area contributed by atoms with Crippen molar-refractivity contribution in [2.75, 3.05) is 10.6 Å². The number of hydrogen-bond donors (Lipinski definition) is 2. The molecular formula is C13H9Cl2FN2O. The van der Waals surface area contributed by atoms with Crippen molar-refractivity contribution in [2.45, 2.75) is 0 Å². The highest BCUT2D eigenvalue weighted by molar-refractivity contribution is 6.35. The minimum Gasteiger partial charge on any atom is -0.308 e. The van der Waals surface area contributed by atoms with E-state index in [4.69, 9.17) is 23.2 Å². The molecule has 0 bridgehead atoms. The van der Waals surface area contributed by atoms with Crippen molar-refractivity contribution in [3.05, 3.63) is 58.3 Å². The maximum absolute atomic E-state index is 12.7. The molecule has 0 aliphatic heterocycles. The van der Waals surface area contributed by atoms with Crippen LogP contribution in [-0.2, 0) is 0 Å². The topological polar surface area (TPSA) is 41.1 Å². The molecule has 0 heterocycles. The van der Waals surface area contributed by atoms with Gasteiger partial charge in [-0.1, -0.05) is 23.2 Å². The zero-order chi connectivity index (χ0) is 13.8. The summed E-state index contributed by atoms with van der Waals surface area (Å²) in [6.45, 7) is 0. The van der Waals surface area contributed by atoms with E-state index < -0.39 is 6.03 Å². The molecule has 0 aliphatic carbocycles. The Hall–Kier alpha value is -1.78. The zero-order valence-corrected chi connectivity index (χ0v) is 11.1. The SMILES string of the molecule is O=C(Nc1ccc(F)cc1)Nc1cc(Cl)cc(Cl)c1. The Bertz CT molecular complexity index is 582. The Morgan fingerprint density at radius 1 is 0.895 bits per heavy atom. The van der Waals surface area contributed by atoms with Gasteiger partial charge in [0.25, 0.3) is 0 Å². The van der Waals surface area contributed by atoms with Crippen molar-refractivity contribution >= 4 is 40.6 Å². The maximum Gasteiger partial charge on any atom is 0.323 e. The third-order valence-corrected chi connectivity index (χ3v) is 2.66. The molecule has 2 aromatic carbocycles. The number of amides is 2. The van der Waals surface area contributed by atoms with Crippen molar-refractivity contribution in [1.82, 2.24) is 0 Å². The van der Waals surface area contributed by atoms with Crippen LogP contribution in [0.4, 0.5) is 20.6 Å². The van der Waals surface area contributed by atoms with E-state index in [1.807, 2.05) is 0 Å². The molecule has 98 valence electrons. The first-order valence-corrected chi connectivity index (χ1v) is 6.08. The van der Waals surface area contributed by atoms with E-state index in [2.05, 4.69) is 10.6 Å². The number of anilines is 2. The fourth-order valence-corrected chi connectivity index (χ4v) is 1.98. The normalized spacial score (nSPS) is 10.1. The number of rotatable bonds is 2. The van der Waals surface area contributed by atoms with Crippen LogP contribution in [0.15, 0.2) is 42.5 Å². The van der Waals surface area contributed by atoms with Crippen LogP contribution in [0.1, 0.15) is 0 Å². The largest absolute Gasteiger partial charge is 0.323 e. The van der Waals surface area contributed by atoms with Gasteiger partial charge < -0.3 is 10.6 Å². The van der Waals surface area contributed by atoms with Gasteiger partial charge >= 0.3 is 6.03 Å². The van der Waals surface area contributed by atoms with Crippen molar-refractivity contribution in [2.24, 2.45) is 0 Å². The number of carbonyl (C=O) groups is 1. The Morgan fingerprint density at radius 3 is 2.00 bits per heavy atom. The minimum absolute atomic E-state index is 0.368. The molecule has 2 rings (SSSR count). The van der Waals surface area contributed by atoms with Gasteiger partial charge in [-0.2, -0.15) is 0 Å². The molecule has 2 amide bonds. The lowest BCUT2D eigenvalue weighted by molar-refractivity contribution is 0.262. The number of halogens is 3. The molecule has 0 spiro atoms. The van der Waals surface area contributed by atoms with Crippen molar-refractivity contribution in [1.29, 1.82) is 0 Å². The molecule has 3 nitrogen and oxygen atoms in total. The van der Waals surface area contributed by atoms with Gasteiger partial charge in [0, 0.05) is 21.4 Å². The maximum atomic E-state index is 12.7. The Labute approximate surface area is 119 Å². The second kappa shape index (κ2) is 5.91. The molecule has 0 aliphatic rings. The fourth-order valence-electron chi connectivity index (χ4n) is 1.45. The van der Waals surface area contributed by atoms with Crippen LogP contribution in [-0.4, -0.2) is 6.03 Å². The molecular weight excluding hydrogens is 290 g/mol. The first kappa shape index (κ1) is 13.6. The molecule has 0 fully saturated rings. The lowest BCUT2D eigenvalue weighted by Crippen LogP contribution is -2.19. The third-order valence-electron chi connectivity index (χ3n) is 2.22. The first-order valence-electron chi connectivity index (χ1n) is 5.32. The van der Waals surface area contributed by atoms with E-state index in [-0.39, 0.29) is 5.82 Å². The van der Waals surface area contributed by atoms with Crippen LogP contribution in [0.2, 0.25) is 10.0 Å². The van der Waals surface area contributed by atoms with Crippen LogP contribution in [0, 0.1) is 5.82 Å². The van der Waals surface area contributed by atoms with Crippen LogP contribution in [0.3, 0.4) is 0 Å². The van der Waals surface area contributed by atoms with Gasteiger partial charge in [-0.25, -0.2) is 9.18 Å². The summed E-state index contributed by atoms with van der Waals surface area (Å²) in [4.78, 5) is 11.7. The first-order chi connectivity index (χ1) is 9.02. The Kier molecular flexibility index (Phi) is 4.24. The van der Waals surface area contributed by atoms with Gasteiger partial charge in [-0.15, -0.1) is 0 Å². The highest BCUT2D eigenvalue weighted by Crippen LogP contribution is 2.22. The predicted octanol–water partition coefficient (Wildman–Crippen LogP) is 4.78. The number of carbonyl (C=O) groups excluding carboxylic acids is 1. The van der Waals surface area contributed by atoms with E-state index in [1.165, 1.54) is 24.3 Å². The highest BCUT2D eigenvalue weighted by Gasteiger charge is 2.04. The van der Waals surface area contributed by atoms with Gasteiger partial charge in [-0.05, 0) is 42.5 Å². The summed E-state index contributed by atoms with van der Waals surface area (Å²) in [5.74, 6) is -0.368. The van der Waals surface area contributed by atoms with Crippen LogP contribution >= 0.6 is 23.2 Å². The van der Waals surface area contributed by atoms with Crippen LogP contribution in [0.5, 0.6) is 0 Å². The zero-order valence-electron chi connectivity index (χ0n) is 9.58. The van der Waals surface area contributed by atoms with Gasteiger partial charge in [0.1, 0.15) is 5.82 Å². The average Bonchev–Trinajstić information content (AvgIpc) is 2.30. The lowest BCUT2D eigenvalue weighted by Gasteiger charge is -2.08. The van der Waals surface area contributed by atoms with Crippen molar-refractivity contribution in [3.63, 3.8) is 0 Å². The van der Waals surface area contributed by atoms with Gasteiger partial charge in [-0.3, -0.25) is 0 Å². The minimum atomic E-state index is -0.468. The molecule has 0 radical (unpaired) electrons. The second-order valence-electron chi connectivity index (χ2n) is 3.74. The Morgan fingerprint density at radius 2 is 1.42 bits per heavy atom. The summed E-state index contributed by atoms with van der Waals surface area (Å²) in [5.41, 5.74) is 0.948. The standard InChI is InChI=1S/C13H9Cl2FN2O/c14-8-5-9(15)7-12(6-8)18-13(19)17-11-3-1-10(16)2-4-11/h1-7H,(H2,17,18,19). The fraction of sp³-hybridized carbons (Fsp3) is 0. The molecule has 2 aromatic rings. The molecule has 0 atom stereocenters. The van der Waals surface area contributed by atoms with Crippen molar-refractivity contribution in [3.8, 4) is 0 Å². The molecule has 2 N–H and O–H groups in total. The van der Waals surface area contributed by atoms with Crippen LogP contribution < -0.4 is 10.6 Å². The Balaban J connectivity index is 2.03. The summed E-state index contributed by atoms with van der Waals surface area (Å²) >= 11 is 11.6. The lowest BCUT2D eigenvalue weighted by atomic mass is 10.3. The molecule has 6 heteroatoms. The molecule has 0 saturated heterocycles. The summed E-state index contributed by atoms with van der Waals surface area (Å²) < 4.78 is 12.7. The van der Waals surface area contributed by atoms with E-state index >= 15 is 0 Å². The van der Waals surface area contributed by atoms with Crippen molar-refractivity contribution < 1.29 is 9.18 Å². The summed E-state index contributed by atoms with van der Waals surface area (Å²) in [5, 5.41) is 5.97. The average molecular weight is 299 g/mol. The molecule has 0 unspecified atom stereocenters. The quantitative estimate of drug-likeness (QED) is 0.823. The summed E-state index contributed by atoms with van der Waals surface area (Å²) in [7, 11) is 0. The number of hydrogen-bond acceptors (Lipinski definition) is 1. The molecule has 0 saturated carbocycles. The summed E-state index contributed by atoms with van der Waals surface area (Å²) in [6, 6.07) is 9.66. The third kappa shape index (κ3) is 4.12. The highest BCUT2D eigenvalue weighted by atomic mass is 35.5. The molecule has 0 aromatic heterocycles. The van der Waals surface area contributed by atoms with E-state index in [9.17, 15) is 9.18 Å². The monoisotopic (exact) mass is 298 g/mol. The number of nitrogens with one attached hydrogen (secondary N) is 2. The summed E-state index contributed by atoms with van der Waals surface area (Å²) in [6.07, 6.45) is 0. The van der Waals surface area contributed by atoms with Gasteiger partial charge in [0.2, 0.25) is 0 Å². The van der Waals surface area contributed by atoms with E-state index in [0.717, 1.165) is 0 Å². The molecule has 19 heavy (non-hydrogen) atoms. The predicted molar refractivity (Wildman–Crippen MR) is 75.5 cm³/mol.